The van der Waals surface area contributed by atoms with E-state index in [4.69, 9.17) is 4.74 Å². The summed E-state index contributed by atoms with van der Waals surface area (Å²) in [7, 11) is 0. The normalized spacial score (nSPS) is 15.1. The average Bonchev–Trinajstić information content (AvgIpc) is 2.76. The molecular weight excluding hydrogens is 480 g/mol. The van der Waals surface area contributed by atoms with E-state index in [0.717, 1.165) is 12.2 Å². The van der Waals surface area contributed by atoms with Crippen molar-refractivity contribution in [1.82, 2.24) is 0 Å². The first-order chi connectivity index (χ1) is 16.3. The lowest BCUT2D eigenvalue weighted by Gasteiger charge is -2.20. The van der Waals surface area contributed by atoms with Crippen molar-refractivity contribution in [3.63, 3.8) is 0 Å². The van der Waals surface area contributed by atoms with Gasteiger partial charge < -0.3 is 55.8 Å². The lowest BCUT2D eigenvalue weighted by molar-refractivity contribution is -0.143. The molecule has 204 valence electrons. The zero-order chi connectivity index (χ0) is 28.1. The van der Waals surface area contributed by atoms with Gasteiger partial charge in [0, 0.05) is 6.42 Å². The number of allylic oxidation sites excluding steroid dienone is 2. The number of carbonyl (C=O) groups is 1. The van der Waals surface area contributed by atoms with E-state index in [-0.39, 0.29) is 19.4 Å². The number of aliphatic hydroxyl groups is 10. The summed E-state index contributed by atoms with van der Waals surface area (Å²) in [4.78, 5) is 11.2. The first kappa shape index (κ1) is 33.5. The molecule has 12 nitrogen and oxygen atoms in total. The van der Waals surface area contributed by atoms with Crippen LogP contribution in [0.25, 0.3) is 0 Å². The molecule has 0 heterocycles. The molecule has 10 N–H and O–H groups in total. The molecule has 0 amide bonds. The van der Waals surface area contributed by atoms with E-state index >= 15 is 0 Å². The van der Waals surface area contributed by atoms with E-state index < -0.39 is 34.9 Å². The summed E-state index contributed by atoms with van der Waals surface area (Å²) < 4.78 is 4.71. The van der Waals surface area contributed by atoms with Gasteiger partial charge in [0.25, 0.3) is 0 Å². The number of carbonyl (C=O) groups excluding carboxylic acids is 1. The number of hydrogen-bond donors (Lipinski definition) is 10. The Balaban J connectivity index is 5.20. The Morgan fingerprint density at radius 3 is 1.17 bits per heavy atom. The van der Waals surface area contributed by atoms with Crippen LogP contribution < -0.4 is 0 Å². The van der Waals surface area contributed by atoms with E-state index in [2.05, 4.69) is 0 Å². The van der Waals surface area contributed by atoms with Crippen LogP contribution in [0.3, 0.4) is 0 Å². The van der Waals surface area contributed by atoms with Gasteiger partial charge in [-0.25, -0.2) is 0 Å². The molecule has 0 saturated heterocycles. The predicted octanol–water partition coefficient (Wildman–Crippen LogP) is -1.52. The molecular formula is C24H36O12. The van der Waals surface area contributed by atoms with Gasteiger partial charge in [0.15, 0.2) is 0 Å². The zero-order valence-electron chi connectivity index (χ0n) is 20.0. The van der Waals surface area contributed by atoms with Crippen LogP contribution in [0.4, 0.5) is 0 Å². The van der Waals surface area contributed by atoms with Crippen molar-refractivity contribution in [3.8, 4) is 0 Å². The van der Waals surface area contributed by atoms with Crippen molar-refractivity contribution in [2.45, 2.75) is 62.0 Å². The van der Waals surface area contributed by atoms with Crippen LogP contribution >= 0.6 is 0 Å². The first-order valence-electron chi connectivity index (χ1n) is 10.9. The molecule has 0 bridgehead atoms. The summed E-state index contributed by atoms with van der Waals surface area (Å²) >= 11 is 0. The second-order valence-electron chi connectivity index (χ2n) is 7.81. The quantitative estimate of drug-likeness (QED) is 0.0680. The lowest BCUT2D eigenvalue weighted by Crippen LogP contribution is -2.30. The first-order valence-corrected chi connectivity index (χ1v) is 10.9. The maximum absolute atomic E-state index is 11.2. The molecule has 0 radical (unpaired) electrons. The lowest BCUT2D eigenvalue weighted by atomic mass is 10.1. The Bertz CT molecular complexity index is 858. The van der Waals surface area contributed by atoms with Crippen LogP contribution in [-0.2, 0) is 9.53 Å². The number of rotatable bonds is 15. The SMILES string of the molecule is CC/C=C\C(O)(O)/C=C\C(O)(O)/C=C\C(O)(O)/C=C\C(O)(O)/C=C\C(O)(O)/C=C\CCC(=O)OCC. The summed E-state index contributed by atoms with van der Waals surface area (Å²) in [6, 6.07) is 0. The van der Waals surface area contributed by atoms with E-state index in [1.165, 1.54) is 12.2 Å². The predicted molar refractivity (Wildman–Crippen MR) is 127 cm³/mol. The molecule has 0 saturated carbocycles. The van der Waals surface area contributed by atoms with Gasteiger partial charge in [-0.05, 0) is 80.5 Å². The summed E-state index contributed by atoms with van der Waals surface area (Å²) in [6.45, 7) is 3.58. The van der Waals surface area contributed by atoms with Gasteiger partial charge in [-0.3, -0.25) is 4.79 Å². The number of hydrogen-bond acceptors (Lipinski definition) is 12. The third kappa shape index (κ3) is 17.0. The fourth-order valence-electron chi connectivity index (χ4n) is 2.24. The van der Waals surface area contributed by atoms with Crippen LogP contribution in [0.5, 0.6) is 0 Å². The van der Waals surface area contributed by atoms with Gasteiger partial charge in [0.2, 0.25) is 28.9 Å². The van der Waals surface area contributed by atoms with Crippen LogP contribution in [0.1, 0.15) is 33.1 Å². The molecule has 0 spiro atoms. The second kappa shape index (κ2) is 14.3. The molecule has 0 aliphatic heterocycles. The minimum Gasteiger partial charge on any atom is -0.466 e. The molecule has 0 rings (SSSR count). The van der Waals surface area contributed by atoms with Gasteiger partial charge in [-0.1, -0.05) is 19.1 Å². The molecule has 12 heteroatoms. The minimum atomic E-state index is -2.94. The van der Waals surface area contributed by atoms with E-state index in [1.54, 1.807) is 13.8 Å². The Kier molecular flexibility index (Phi) is 13.3. The van der Waals surface area contributed by atoms with Crippen molar-refractivity contribution in [1.29, 1.82) is 0 Å². The highest BCUT2D eigenvalue weighted by Crippen LogP contribution is 2.16. The van der Waals surface area contributed by atoms with Crippen molar-refractivity contribution in [2.75, 3.05) is 6.61 Å². The summed E-state index contributed by atoms with van der Waals surface area (Å²) in [6.07, 6.45) is 9.20. The summed E-state index contributed by atoms with van der Waals surface area (Å²) in [5.41, 5.74) is 0. The molecule has 0 unspecified atom stereocenters. The topological polar surface area (TPSA) is 229 Å². The molecule has 0 atom stereocenters. The molecule has 0 aliphatic rings. The summed E-state index contributed by atoms with van der Waals surface area (Å²) in [5.74, 6) is -14.3. The third-order valence-corrected chi connectivity index (χ3v) is 4.08. The van der Waals surface area contributed by atoms with Crippen molar-refractivity contribution in [3.05, 3.63) is 72.9 Å². The highest BCUT2D eigenvalue weighted by molar-refractivity contribution is 5.69. The average molecular weight is 517 g/mol. The van der Waals surface area contributed by atoms with E-state index in [0.29, 0.717) is 55.0 Å². The Labute approximate surface area is 208 Å². The molecule has 0 fully saturated rings. The Hall–Kier alpha value is -2.49. The van der Waals surface area contributed by atoms with Crippen LogP contribution in [0.2, 0.25) is 0 Å². The van der Waals surface area contributed by atoms with Crippen LogP contribution in [0, 0.1) is 0 Å². The monoisotopic (exact) mass is 516 g/mol. The van der Waals surface area contributed by atoms with Crippen molar-refractivity contribution >= 4 is 5.97 Å². The fourth-order valence-corrected chi connectivity index (χ4v) is 2.24. The Morgan fingerprint density at radius 1 is 0.556 bits per heavy atom. The highest BCUT2D eigenvalue weighted by Gasteiger charge is 2.25. The number of esters is 1. The Morgan fingerprint density at radius 2 is 0.861 bits per heavy atom. The molecule has 0 aromatic heterocycles. The highest BCUT2D eigenvalue weighted by atomic mass is 16.5. The number of ether oxygens (including phenoxy) is 1. The third-order valence-electron chi connectivity index (χ3n) is 4.08. The largest absolute Gasteiger partial charge is 0.466 e. The minimum absolute atomic E-state index is 0.00502. The van der Waals surface area contributed by atoms with Gasteiger partial charge >= 0.3 is 5.97 Å². The molecule has 0 aromatic rings. The zero-order valence-corrected chi connectivity index (χ0v) is 20.0. The summed E-state index contributed by atoms with van der Waals surface area (Å²) in [5, 5.41) is 98.0. The molecule has 0 aliphatic carbocycles. The maximum Gasteiger partial charge on any atom is 0.306 e. The molecule has 0 aromatic carbocycles. The second-order valence-corrected chi connectivity index (χ2v) is 7.81. The van der Waals surface area contributed by atoms with Crippen molar-refractivity contribution < 1.29 is 60.6 Å². The van der Waals surface area contributed by atoms with Gasteiger partial charge in [0.05, 0.1) is 6.61 Å². The van der Waals surface area contributed by atoms with E-state index in [9.17, 15) is 55.9 Å². The fraction of sp³-hybridized carbons (Fsp3) is 0.458. The molecule has 36 heavy (non-hydrogen) atoms. The van der Waals surface area contributed by atoms with Crippen LogP contribution in [-0.4, -0.2) is 92.6 Å². The van der Waals surface area contributed by atoms with E-state index in [1.807, 2.05) is 0 Å². The maximum atomic E-state index is 11.2. The van der Waals surface area contributed by atoms with Gasteiger partial charge in [0.1, 0.15) is 0 Å². The standard InChI is InChI=1S/C24H36O12/c1-3-5-9-20(26,27)11-13-22(30,31)15-17-24(34,35)18-16-23(32,33)14-12-21(28,29)10-7-6-8-19(25)36-4-2/h5,7,9-18,26-35H,3-4,6,8H2,1-2H3/b9-5-,10-7-,13-11-,14-12-,17-15-,18-16-. The smallest absolute Gasteiger partial charge is 0.306 e. The van der Waals surface area contributed by atoms with Crippen LogP contribution in [0.15, 0.2) is 72.9 Å². The van der Waals surface area contributed by atoms with Gasteiger partial charge in [-0.2, -0.15) is 0 Å². The van der Waals surface area contributed by atoms with Gasteiger partial charge in [-0.15, -0.1) is 0 Å². The van der Waals surface area contributed by atoms with Crippen molar-refractivity contribution in [2.24, 2.45) is 0 Å².